The van der Waals surface area contributed by atoms with Crippen molar-refractivity contribution in [3.05, 3.63) is 0 Å². The van der Waals surface area contributed by atoms with Crippen LogP contribution < -0.4 is 5.32 Å². The Labute approximate surface area is 111 Å². The van der Waals surface area contributed by atoms with Gasteiger partial charge in [0.25, 0.3) is 0 Å². The number of hydrogen-bond donors (Lipinski definition) is 2. The van der Waals surface area contributed by atoms with Crippen molar-refractivity contribution in [2.75, 3.05) is 26.2 Å². The molecule has 2 saturated heterocycles. The Balaban J connectivity index is 2.15. The first-order valence-corrected chi connectivity index (χ1v) is 6.52. The number of urea groups is 1. The van der Waals surface area contributed by atoms with Gasteiger partial charge in [-0.15, -0.1) is 0 Å². The highest BCUT2D eigenvalue weighted by Crippen LogP contribution is 2.29. The van der Waals surface area contributed by atoms with Crippen molar-refractivity contribution in [3.63, 3.8) is 0 Å². The molecule has 0 radical (unpaired) electrons. The van der Waals surface area contributed by atoms with E-state index in [1.807, 2.05) is 0 Å². The number of carbonyl (C=O) groups excluding carboxylic acids is 2. The maximum atomic E-state index is 12.4. The second-order valence-corrected chi connectivity index (χ2v) is 5.24. The fraction of sp³-hybridized carbons (Fsp3) is 0.750. The lowest BCUT2D eigenvalue weighted by Gasteiger charge is -2.44. The van der Waals surface area contributed by atoms with Crippen LogP contribution in [0.15, 0.2) is 0 Å². The molecular weight excluding hydrogens is 250 g/mol. The highest BCUT2D eigenvalue weighted by Gasteiger charge is 2.45. The molecular formula is C12H19N3O4. The largest absolute Gasteiger partial charge is 0.480 e. The van der Waals surface area contributed by atoms with Gasteiger partial charge in [0.05, 0.1) is 0 Å². The summed E-state index contributed by atoms with van der Waals surface area (Å²) in [6, 6.07) is -0.348. The van der Waals surface area contributed by atoms with Crippen LogP contribution in [-0.2, 0) is 9.59 Å². The Kier molecular flexibility index (Phi) is 3.64. The SMILES string of the molecule is CC1(C(=O)O)CCCCN1C(=O)N1CCNC(=O)C1. The Morgan fingerprint density at radius 1 is 1.32 bits per heavy atom. The molecule has 2 N–H and O–H groups in total. The van der Waals surface area contributed by atoms with Crippen LogP contribution >= 0.6 is 0 Å². The molecule has 2 aliphatic heterocycles. The zero-order valence-corrected chi connectivity index (χ0v) is 11.0. The predicted molar refractivity (Wildman–Crippen MR) is 66.6 cm³/mol. The lowest BCUT2D eigenvalue weighted by Crippen LogP contribution is -2.63. The number of aliphatic carboxylic acids is 1. The summed E-state index contributed by atoms with van der Waals surface area (Å²) in [6.45, 7) is 2.86. The average molecular weight is 269 g/mol. The highest BCUT2D eigenvalue weighted by atomic mass is 16.4. The lowest BCUT2D eigenvalue weighted by atomic mass is 9.89. The van der Waals surface area contributed by atoms with Crippen LogP contribution in [0.5, 0.6) is 0 Å². The Bertz CT molecular complexity index is 412. The first kappa shape index (κ1) is 13.6. The van der Waals surface area contributed by atoms with Crippen molar-refractivity contribution < 1.29 is 19.5 Å². The molecule has 2 rings (SSSR count). The molecule has 2 aliphatic rings. The summed E-state index contributed by atoms with van der Waals surface area (Å²) >= 11 is 0. The molecule has 7 nitrogen and oxygen atoms in total. The molecule has 0 aromatic carbocycles. The van der Waals surface area contributed by atoms with Crippen LogP contribution in [0.4, 0.5) is 4.79 Å². The van der Waals surface area contributed by atoms with Crippen molar-refractivity contribution >= 4 is 17.9 Å². The summed E-state index contributed by atoms with van der Waals surface area (Å²) in [6.07, 6.45) is 2.05. The molecule has 1 unspecified atom stereocenters. The molecule has 0 spiro atoms. The number of likely N-dealkylation sites (tertiary alicyclic amines) is 1. The number of amides is 3. The van der Waals surface area contributed by atoms with E-state index in [1.165, 1.54) is 9.80 Å². The summed E-state index contributed by atoms with van der Waals surface area (Å²) in [4.78, 5) is 38.0. The minimum Gasteiger partial charge on any atom is -0.480 e. The number of carbonyl (C=O) groups is 3. The number of piperidine rings is 1. The Hall–Kier alpha value is -1.79. The third-order valence-electron chi connectivity index (χ3n) is 3.89. The van der Waals surface area contributed by atoms with Gasteiger partial charge >= 0.3 is 12.0 Å². The quantitative estimate of drug-likeness (QED) is 0.693. The van der Waals surface area contributed by atoms with Crippen molar-refractivity contribution in [2.45, 2.75) is 31.7 Å². The van der Waals surface area contributed by atoms with Crippen LogP contribution in [0.1, 0.15) is 26.2 Å². The Morgan fingerprint density at radius 3 is 2.68 bits per heavy atom. The van der Waals surface area contributed by atoms with E-state index in [1.54, 1.807) is 6.92 Å². The molecule has 106 valence electrons. The molecule has 0 aliphatic carbocycles. The van der Waals surface area contributed by atoms with Crippen LogP contribution in [0.2, 0.25) is 0 Å². The predicted octanol–water partition coefficient (Wildman–Crippen LogP) is -0.133. The van der Waals surface area contributed by atoms with Gasteiger partial charge in [-0.1, -0.05) is 0 Å². The fourth-order valence-corrected chi connectivity index (χ4v) is 2.62. The van der Waals surface area contributed by atoms with Gasteiger partial charge in [0, 0.05) is 19.6 Å². The van der Waals surface area contributed by atoms with E-state index in [0.29, 0.717) is 26.1 Å². The minimum absolute atomic E-state index is 0.00499. The van der Waals surface area contributed by atoms with E-state index in [9.17, 15) is 19.5 Å². The summed E-state index contributed by atoms with van der Waals surface area (Å²) in [7, 11) is 0. The van der Waals surface area contributed by atoms with Gasteiger partial charge in [0.1, 0.15) is 12.1 Å². The minimum atomic E-state index is -1.16. The summed E-state index contributed by atoms with van der Waals surface area (Å²) in [5.74, 6) is -1.18. The van der Waals surface area contributed by atoms with Gasteiger partial charge in [0.2, 0.25) is 5.91 Å². The molecule has 0 aromatic rings. The monoisotopic (exact) mass is 269 g/mol. The lowest BCUT2D eigenvalue weighted by molar-refractivity contribution is -0.150. The molecule has 1 atom stereocenters. The van der Waals surface area contributed by atoms with Crippen molar-refractivity contribution in [2.24, 2.45) is 0 Å². The molecule has 3 amide bonds. The van der Waals surface area contributed by atoms with Crippen LogP contribution in [0, 0.1) is 0 Å². The topological polar surface area (TPSA) is 89.9 Å². The maximum Gasteiger partial charge on any atom is 0.329 e. The van der Waals surface area contributed by atoms with Gasteiger partial charge in [-0.3, -0.25) is 4.79 Å². The maximum absolute atomic E-state index is 12.4. The number of piperazine rings is 1. The zero-order valence-electron chi connectivity index (χ0n) is 11.0. The number of rotatable bonds is 1. The number of nitrogens with one attached hydrogen (secondary N) is 1. The first-order chi connectivity index (χ1) is 8.95. The smallest absolute Gasteiger partial charge is 0.329 e. The standard InChI is InChI=1S/C12H19N3O4/c1-12(10(17)18)4-2-3-6-15(12)11(19)14-7-5-13-9(16)8-14/h2-8H2,1H3,(H,13,16)(H,17,18). The van der Waals surface area contributed by atoms with E-state index in [0.717, 1.165) is 12.8 Å². The molecule has 2 heterocycles. The zero-order chi connectivity index (χ0) is 14.0. The van der Waals surface area contributed by atoms with E-state index in [2.05, 4.69) is 5.32 Å². The van der Waals surface area contributed by atoms with Gasteiger partial charge in [-0.2, -0.15) is 0 Å². The fourth-order valence-electron chi connectivity index (χ4n) is 2.62. The van der Waals surface area contributed by atoms with E-state index in [-0.39, 0.29) is 18.5 Å². The molecule has 0 bridgehead atoms. The summed E-state index contributed by atoms with van der Waals surface area (Å²) < 4.78 is 0. The highest BCUT2D eigenvalue weighted by molar-refractivity contribution is 5.89. The molecule has 19 heavy (non-hydrogen) atoms. The first-order valence-electron chi connectivity index (χ1n) is 6.52. The third kappa shape index (κ3) is 2.50. The van der Waals surface area contributed by atoms with Crippen molar-refractivity contribution in [1.82, 2.24) is 15.1 Å². The summed E-state index contributed by atoms with van der Waals surface area (Å²) in [5, 5.41) is 12.0. The van der Waals surface area contributed by atoms with Crippen LogP contribution in [0.3, 0.4) is 0 Å². The normalized spacial score (nSPS) is 27.9. The van der Waals surface area contributed by atoms with Crippen molar-refractivity contribution in [1.29, 1.82) is 0 Å². The second-order valence-electron chi connectivity index (χ2n) is 5.24. The number of carboxylic acids is 1. The number of nitrogens with zero attached hydrogens (tertiary/aromatic N) is 2. The second kappa shape index (κ2) is 5.07. The summed E-state index contributed by atoms with van der Waals surface area (Å²) in [5.41, 5.74) is -1.16. The number of carboxylic acid groups (broad SMARTS) is 1. The molecule has 7 heteroatoms. The van der Waals surface area contributed by atoms with E-state index >= 15 is 0 Å². The third-order valence-corrected chi connectivity index (χ3v) is 3.89. The molecule has 0 aromatic heterocycles. The van der Waals surface area contributed by atoms with Gasteiger partial charge in [-0.05, 0) is 26.2 Å². The van der Waals surface area contributed by atoms with Crippen LogP contribution in [-0.4, -0.2) is 64.5 Å². The van der Waals surface area contributed by atoms with Gasteiger partial charge in [-0.25, -0.2) is 9.59 Å². The van der Waals surface area contributed by atoms with Gasteiger partial charge < -0.3 is 20.2 Å². The van der Waals surface area contributed by atoms with Gasteiger partial charge in [0.15, 0.2) is 0 Å². The van der Waals surface area contributed by atoms with E-state index < -0.39 is 11.5 Å². The average Bonchev–Trinajstić information content (AvgIpc) is 2.38. The van der Waals surface area contributed by atoms with E-state index in [4.69, 9.17) is 0 Å². The van der Waals surface area contributed by atoms with Crippen molar-refractivity contribution in [3.8, 4) is 0 Å². The molecule has 0 saturated carbocycles. The Morgan fingerprint density at radius 2 is 2.05 bits per heavy atom. The number of hydrogen-bond acceptors (Lipinski definition) is 3. The van der Waals surface area contributed by atoms with Crippen LogP contribution in [0.25, 0.3) is 0 Å². The molecule has 2 fully saturated rings.